The highest BCUT2D eigenvalue weighted by Gasteiger charge is 2.15. The van der Waals surface area contributed by atoms with E-state index < -0.39 is 0 Å². The minimum atomic E-state index is 0.197. The van der Waals surface area contributed by atoms with Crippen LogP contribution in [0.1, 0.15) is 19.8 Å². The number of hydrogen-bond acceptors (Lipinski definition) is 3. The van der Waals surface area contributed by atoms with E-state index >= 15 is 0 Å². The number of hydrogen-bond donors (Lipinski definition) is 1. The number of nitrogens with one attached hydrogen (secondary N) is 1. The highest BCUT2D eigenvalue weighted by Crippen LogP contribution is 1.96. The maximum absolute atomic E-state index is 11.5. The molecule has 0 unspecified atom stereocenters. The summed E-state index contributed by atoms with van der Waals surface area (Å²) in [6.45, 7) is 6.56. The predicted octanol–water partition coefficient (Wildman–Crippen LogP) is 0.235. The number of rotatable bonds is 5. The molecule has 0 radical (unpaired) electrons. The second-order valence-electron chi connectivity index (χ2n) is 3.52. The van der Waals surface area contributed by atoms with Gasteiger partial charge in [0.05, 0.1) is 13.2 Å². The molecule has 0 atom stereocenters. The van der Waals surface area contributed by atoms with Gasteiger partial charge in [-0.05, 0) is 19.4 Å². The molecule has 1 aliphatic rings. The molecule has 1 saturated heterocycles. The third-order valence-corrected chi connectivity index (χ3v) is 2.26. The number of amides is 1. The smallest absolute Gasteiger partial charge is 0.236 e. The summed E-state index contributed by atoms with van der Waals surface area (Å²) >= 11 is 0. The Bertz CT molecular complexity index is 174. The van der Waals surface area contributed by atoms with Gasteiger partial charge in [-0.3, -0.25) is 4.79 Å². The first-order valence-electron chi connectivity index (χ1n) is 5.41. The molecule has 1 rings (SSSR count). The highest BCUT2D eigenvalue weighted by molar-refractivity contribution is 5.78. The Balaban J connectivity index is 2.16. The molecule has 1 N–H and O–H groups in total. The highest BCUT2D eigenvalue weighted by atomic mass is 16.5. The SMILES string of the molecule is CCCOCCN1CCCNCC1=O. The van der Waals surface area contributed by atoms with Crippen molar-refractivity contribution in [1.29, 1.82) is 0 Å². The number of carbonyl (C=O) groups is 1. The Labute approximate surface area is 85.6 Å². The quantitative estimate of drug-likeness (QED) is 0.646. The molecule has 1 heterocycles. The van der Waals surface area contributed by atoms with Crippen LogP contribution in [0.2, 0.25) is 0 Å². The summed E-state index contributed by atoms with van der Waals surface area (Å²) in [5.41, 5.74) is 0. The van der Waals surface area contributed by atoms with E-state index in [0.717, 1.165) is 39.1 Å². The van der Waals surface area contributed by atoms with E-state index in [-0.39, 0.29) is 5.91 Å². The fourth-order valence-electron chi connectivity index (χ4n) is 1.48. The maximum atomic E-state index is 11.5. The molecule has 1 aliphatic heterocycles. The summed E-state index contributed by atoms with van der Waals surface area (Å²) in [5, 5.41) is 3.10. The lowest BCUT2D eigenvalue weighted by Crippen LogP contribution is -2.37. The second kappa shape index (κ2) is 6.79. The molecule has 4 nitrogen and oxygen atoms in total. The minimum Gasteiger partial charge on any atom is -0.380 e. The number of nitrogens with zero attached hydrogens (tertiary/aromatic N) is 1. The van der Waals surface area contributed by atoms with E-state index in [4.69, 9.17) is 4.74 Å². The average molecular weight is 200 g/mol. The fourth-order valence-corrected chi connectivity index (χ4v) is 1.48. The van der Waals surface area contributed by atoms with Gasteiger partial charge < -0.3 is 15.0 Å². The topological polar surface area (TPSA) is 41.6 Å². The summed E-state index contributed by atoms with van der Waals surface area (Å²) in [6, 6.07) is 0. The van der Waals surface area contributed by atoms with Crippen molar-refractivity contribution in [2.75, 3.05) is 39.4 Å². The van der Waals surface area contributed by atoms with Crippen LogP contribution in [0.3, 0.4) is 0 Å². The Morgan fingerprint density at radius 2 is 2.36 bits per heavy atom. The molecule has 1 fully saturated rings. The summed E-state index contributed by atoms with van der Waals surface area (Å²) in [6.07, 6.45) is 2.08. The molecular formula is C10H20N2O2. The van der Waals surface area contributed by atoms with Gasteiger partial charge in [0.15, 0.2) is 0 Å². The monoisotopic (exact) mass is 200 g/mol. The molecule has 0 saturated carbocycles. The lowest BCUT2D eigenvalue weighted by atomic mass is 10.4. The first kappa shape index (κ1) is 11.5. The molecule has 0 bridgehead atoms. The van der Waals surface area contributed by atoms with E-state index in [2.05, 4.69) is 12.2 Å². The van der Waals surface area contributed by atoms with Crippen molar-refractivity contribution in [2.24, 2.45) is 0 Å². The maximum Gasteiger partial charge on any atom is 0.236 e. The van der Waals surface area contributed by atoms with Gasteiger partial charge >= 0.3 is 0 Å². The fraction of sp³-hybridized carbons (Fsp3) is 0.900. The molecule has 0 aliphatic carbocycles. The molecule has 14 heavy (non-hydrogen) atoms. The largest absolute Gasteiger partial charge is 0.380 e. The van der Waals surface area contributed by atoms with Gasteiger partial charge in [-0.25, -0.2) is 0 Å². The molecular weight excluding hydrogens is 180 g/mol. The van der Waals surface area contributed by atoms with E-state index in [9.17, 15) is 4.79 Å². The zero-order chi connectivity index (χ0) is 10.2. The molecule has 0 aromatic heterocycles. The van der Waals surface area contributed by atoms with Crippen LogP contribution in [0, 0.1) is 0 Å². The van der Waals surface area contributed by atoms with E-state index in [0.29, 0.717) is 13.2 Å². The zero-order valence-electron chi connectivity index (χ0n) is 8.92. The Morgan fingerprint density at radius 1 is 1.50 bits per heavy atom. The van der Waals surface area contributed by atoms with Crippen LogP contribution in [0.25, 0.3) is 0 Å². The van der Waals surface area contributed by atoms with Crippen molar-refractivity contribution in [2.45, 2.75) is 19.8 Å². The van der Waals surface area contributed by atoms with Gasteiger partial charge in [-0.2, -0.15) is 0 Å². The Kier molecular flexibility index (Phi) is 5.56. The van der Waals surface area contributed by atoms with E-state index in [1.165, 1.54) is 0 Å². The Hall–Kier alpha value is -0.610. The molecule has 0 aromatic rings. The molecule has 4 heteroatoms. The van der Waals surface area contributed by atoms with Crippen molar-refractivity contribution < 1.29 is 9.53 Å². The lowest BCUT2D eigenvalue weighted by molar-refractivity contribution is -0.130. The first-order valence-corrected chi connectivity index (χ1v) is 5.41. The van der Waals surface area contributed by atoms with Gasteiger partial charge in [-0.15, -0.1) is 0 Å². The van der Waals surface area contributed by atoms with E-state index in [1.54, 1.807) is 0 Å². The van der Waals surface area contributed by atoms with Crippen molar-refractivity contribution in [3.05, 3.63) is 0 Å². The van der Waals surface area contributed by atoms with Crippen LogP contribution in [0.4, 0.5) is 0 Å². The molecule has 0 aromatic carbocycles. The predicted molar refractivity (Wildman–Crippen MR) is 55.2 cm³/mol. The summed E-state index contributed by atoms with van der Waals surface area (Å²) < 4.78 is 5.36. The summed E-state index contributed by atoms with van der Waals surface area (Å²) in [4.78, 5) is 13.4. The van der Waals surface area contributed by atoms with Crippen LogP contribution in [0.15, 0.2) is 0 Å². The van der Waals surface area contributed by atoms with E-state index in [1.807, 2.05) is 4.90 Å². The lowest BCUT2D eigenvalue weighted by Gasteiger charge is -2.19. The molecule has 0 spiro atoms. The Morgan fingerprint density at radius 3 is 3.14 bits per heavy atom. The van der Waals surface area contributed by atoms with Crippen molar-refractivity contribution >= 4 is 5.91 Å². The van der Waals surface area contributed by atoms with Gasteiger partial charge in [-0.1, -0.05) is 6.92 Å². The molecule has 1 amide bonds. The third-order valence-electron chi connectivity index (χ3n) is 2.26. The van der Waals surface area contributed by atoms with Crippen LogP contribution < -0.4 is 5.32 Å². The summed E-state index contributed by atoms with van der Waals surface area (Å²) in [5.74, 6) is 0.197. The normalized spacial score (nSPS) is 18.4. The van der Waals surface area contributed by atoms with Crippen molar-refractivity contribution in [1.82, 2.24) is 10.2 Å². The van der Waals surface area contributed by atoms with Crippen LogP contribution in [-0.2, 0) is 9.53 Å². The van der Waals surface area contributed by atoms with Gasteiger partial charge in [0.25, 0.3) is 0 Å². The van der Waals surface area contributed by atoms with Crippen LogP contribution in [0.5, 0.6) is 0 Å². The summed E-state index contributed by atoms with van der Waals surface area (Å²) in [7, 11) is 0. The van der Waals surface area contributed by atoms with Crippen LogP contribution in [-0.4, -0.2) is 50.2 Å². The first-order chi connectivity index (χ1) is 6.84. The third kappa shape index (κ3) is 4.07. The standard InChI is InChI=1S/C10H20N2O2/c1-2-7-14-8-6-12-5-3-4-11-9-10(12)13/h11H,2-9H2,1H3. The minimum absolute atomic E-state index is 0.197. The van der Waals surface area contributed by atoms with Crippen LogP contribution >= 0.6 is 0 Å². The van der Waals surface area contributed by atoms with Crippen molar-refractivity contribution in [3.63, 3.8) is 0 Å². The van der Waals surface area contributed by atoms with Gasteiger partial charge in [0.2, 0.25) is 5.91 Å². The zero-order valence-corrected chi connectivity index (χ0v) is 8.92. The van der Waals surface area contributed by atoms with Crippen molar-refractivity contribution in [3.8, 4) is 0 Å². The number of ether oxygens (including phenoxy) is 1. The molecule has 82 valence electrons. The average Bonchev–Trinajstić information content (AvgIpc) is 2.39. The second-order valence-corrected chi connectivity index (χ2v) is 3.52. The van der Waals surface area contributed by atoms with Gasteiger partial charge in [0.1, 0.15) is 0 Å². The number of carbonyl (C=O) groups excluding carboxylic acids is 1. The van der Waals surface area contributed by atoms with Gasteiger partial charge in [0, 0.05) is 19.7 Å².